The van der Waals surface area contributed by atoms with E-state index < -0.39 is 8.24 Å². The number of nitrogens with zero attached hydrogens (tertiary/aromatic N) is 1. The van der Waals surface area contributed by atoms with Crippen LogP contribution in [0.2, 0.25) is 19.6 Å². The van der Waals surface area contributed by atoms with Crippen LogP contribution in [0.1, 0.15) is 111 Å². The van der Waals surface area contributed by atoms with Crippen molar-refractivity contribution in [3.05, 3.63) is 52.1 Å². The van der Waals surface area contributed by atoms with Crippen LogP contribution < -0.4 is 4.57 Å². The van der Waals surface area contributed by atoms with Gasteiger partial charge in [-0.05, 0) is 50.5 Å². The van der Waals surface area contributed by atoms with Crippen LogP contribution in [0.3, 0.4) is 0 Å². The van der Waals surface area contributed by atoms with Crippen LogP contribution in [0.15, 0.2) is 24.3 Å². The van der Waals surface area contributed by atoms with E-state index in [0.29, 0.717) is 18.0 Å². The lowest BCUT2D eigenvalue weighted by atomic mass is 9.78. The predicted molar refractivity (Wildman–Crippen MR) is 161 cm³/mol. The summed E-state index contributed by atoms with van der Waals surface area (Å²) >= 11 is 0. The molecule has 0 atom stereocenters. The van der Waals surface area contributed by atoms with Crippen molar-refractivity contribution in [2.45, 2.75) is 131 Å². The van der Waals surface area contributed by atoms with Crippen molar-refractivity contribution in [1.82, 2.24) is 0 Å². The first-order chi connectivity index (χ1) is 15.8. The van der Waals surface area contributed by atoms with Gasteiger partial charge >= 0.3 is 0 Å². The lowest BCUT2D eigenvalue weighted by Gasteiger charge is -2.40. The summed E-state index contributed by atoms with van der Waals surface area (Å²) < 4.78 is 2.39. The van der Waals surface area contributed by atoms with E-state index in [1.165, 1.54) is 11.1 Å². The van der Waals surface area contributed by atoms with Crippen LogP contribution in [0.25, 0.3) is 0 Å². The number of anilines is 1. The zero-order valence-electron chi connectivity index (χ0n) is 25.9. The van der Waals surface area contributed by atoms with Crippen molar-refractivity contribution in [1.29, 1.82) is 0 Å². The third-order valence-corrected chi connectivity index (χ3v) is 9.07. The highest BCUT2D eigenvalue weighted by Crippen LogP contribution is 2.45. The van der Waals surface area contributed by atoms with Crippen LogP contribution in [-0.2, 0) is 28.2 Å². The molecule has 0 amide bonds. The summed E-state index contributed by atoms with van der Waals surface area (Å²) in [4.78, 5) is 0. The fraction of sp³-hybridized carbons (Fsp3) is 0.625. The van der Waals surface area contributed by atoms with E-state index in [4.69, 9.17) is 0 Å². The van der Waals surface area contributed by atoms with E-state index >= 15 is 0 Å². The second-order valence-corrected chi connectivity index (χ2v) is 20.6. The number of rotatable bonds is 4. The Balaban J connectivity index is 2.89. The minimum absolute atomic E-state index is 0.0415. The summed E-state index contributed by atoms with van der Waals surface area (Å²) in [5.74, 6) is 0.738. The second kappa shape index (κ2) is 9.42. The SMILES string of the molecule is CC(C)(C)c1cc(CN(c2cc(C(C)(C)C)cc(C(C)(C)C)c2O)[Si](C)(C)C)c(O)c(C(C)(C)C)c1. The largest absolute Gasteiger partial charge is 0.507 e. The Labute approximate surface area is 223 Å². The molecule has 2 N–H and O–H groups in total. The van der Waals surface area contributed by atoms with Gasteiger partial charge in [-0.25, -0.2) is 0 Å². The van der Waals surface area contributed by atoms with Gasteiger partial charge in [-0.3, -0.25) is 0 Å². The van der Waals surface area contributed by atoms with Crippen molar-refractivity contribution in [2.24, 2.45) is 0 Å². The molecule has 0 unspecified atom stereocenters. The van der Waals surface area contributed by atoms with E-state index in [-0.39, 0.29) is 21.7 Å². The van der Waals surface area contributed by atoms with Crippen molar-refractivity contribution in [3.8, 4) is 11.5 Å². The normalized spacial score (nSPS) is 13.8. The molecule has 0 fully saturated rings. The molecule has 0 aliphatic heterocycles. The molecule has 0 aliphatic carbocycles. The Hall–Kier alpha value is -1.94. The molecule has 0 aliphatic rings. The third-order valence-electron chi connectivity index (χ3n) is 7.06. The van der Waals surface area contributed by atoms with Crippen LogP contribution in [-0.4, -0.2) is 18.4 Å². The van der Waals surface area contributed by atoms with Crippen molar-refractivity contribution >= 4 is 13.9 Å². The molecule has 202 valence electrons. The fourth-order valence-corrected chi connectivity index (χ4v) is 6.04. The Morgan fingerprint density at radius 3 is 1.33 bits per heavy atom. The maximum Gasteiger partial charge on any atom is 0.148 e. The quantitative estimate of drug-likeness (QED) is 0.402. The molecule has 2 aromatic carbocycles. The van der Waals surface area contributed by atoms with Gasteiger partial charge in [-0.2, -0.15) is 0 Å². The smallest absolute Gasteiger partial charge is 0.148 e. The molecule has 0 spiro atoms. The molecule has 36 heavy (non-hydrogen) atoms. The van der Waals surface area contributed by atoms with Gasteiger partial charge in [0.05, 0.1) is 5.69 Å². The maximum absolute atomic E-state index is 11.7. The maximum atomic E-state index is 11.7. The number of phenolic OH excluding ortho intramolecular Hbond substituents is 2. The molecule has 0 heterocycles. The standard InChI is InChI=1S/C32H53NO2Si/c1-29(2,3)22-16-21(27(34)24(17-22)31(7,8)9)20-33(36(13,14)15)26-19-23(30(4,5)6)18-25(28(26)35)32(10,11)12/h16-19,34-35H,20H2,1-15H3. The van der Waals surface area contributed by atoms with E-state index in [2.05, 4.69) is 132 Å². The van der Waals surface area contributed by atoms with E-state index in [9.17, 15) is 10.2 Å². The first-order valence-corrected chi connectivity index (χ1v) is 16.8. The Kier molecular flexibility index (Phi) is 7.92. The van der Waals surface area contributed by atoms with E-state index in [1.54, 1.807) is 0 Å². The lowest BCUT2D eigenvalue weighted by Crippen LogP contribution is -2.46. The second-order valence-electron chi connectivity index (χ2n) is 15.7. The minimum Gasteiger partial charge on any atom is -0.507 e. The summed E-state index contributed by atoms with van der Waals surface area (Å²) in [5, 5.41) is 23.2. The molecule has 0 aromatic heterocycles. The van der Waals surface area contributed by atoms with Crippen LogP contribution in [0.4, 0.5) is 5.69 Å². The average Bonchev–Trinajstić information content (AvgIpc) is 2.63. The molecule has 0 radical (unpaired) electrons. The number of aromatic hydroxyl groups is 2. The van der Waals surface area contributed by atoms with Gasteiger partial charge in [0.25, 0.3) is 0 Å². The summed E-state index contributed by atoms with van der Waals surface area (Å²) in [7, 11) is -1.99. The molecule has 4 heteroatoms. The topological polar surface area (TPSA) is 43.7 Å². The van der Waals surface area contributed by atoms with Gasteiger partial charge in [0.2, 0.25) is 0 Å². The number of hydrogen-bond donors (Lipinski definition) is 2. The predicted octanol–water partition coefficient (Wildman–Crippen LogP) is 9.13. The number of hydrogen-bond acceptors (Lipinski definition) is 3. The monoisotopic (exact) mass is 511 g/mol. The van der Waals surface area contributed by atoms with Crippen LogP contribution >= 0.6 is 0 Å². The lowest BCUT2D eigenvalue weighted by molar-refractivity contribution is 0.436. The van der Waals surface area contributed by atoms with E-state index in [1.807, 2.05) is 0 Å². The van der Waals surface area contributed by atoms with Gasteiger partial charge in [0.1, 0.15) is 19.7 Å². The van der Waals surface area contributed by atoms with Gasteiger partial charge in [-0.15, -0.1) is 0 Å². The zero-order valence-corrected chi connectivity index (χ0v) is 26.9. The summed E-state index contributed by atoms with van der Waals surface area (Å²) in [6.45, 7) is 33.8. The first-order valence-electron chi connectivity index (χ1n) is 13.4. The van der Waals surface area contributed by atoms with Crippen molar-refractivity contribution in [2.75, 3.05) is 4.57 Å². The number of benzene rings is 2. The molecule has 0 saturated heterocycles. The van der Waals surface area contributed by atoms with Crippen molar-refractivity contribution < 1.29 is 10.2 Å². The molecule has 2 rings (SSSR count). The van der Waals surface area contributed by atoms with Crippen LogP contribution in [0.5, 0.6) is 11.5 Å². The van der Waals surface area contributed by atoms with Gasteiger partial charge in [0, 0.05) is 17.7 Å². The summed E-state index contributed by atoms with van der Waals surface area (Å²) in [5.41, 5.74) is 5.71. The molecule has 2 aromatic rings. The summed E-state index contributed by atoms with van der Waals surface area (Å²) in [6, 6.07) is 8.70. The summed E-state index contributed by atoms with van der Waals surface area (Å²) in [6.07, 6.45) is 0. The molecule has 3 nitrogen and oxygen atoms in total. The van der Waals surface area contributed by atoms with Gasteiger partial charge in [-0.1, -0.05) is 115 Å². The zero-order chi connectivity index (χ0) is 28.2. The van der Waals surface area contributed by atoms with E-state index in [0.717, 1.165) is 22.4 Å². The molecule has 0 bridgehead atoms. The first kappa shape index (κ1) is 30.3. The van der Waals surface area contributed by atoms with Gasteiger partial charge < -0.3 is 14.8 Å². The Bertz CT molecular complexity index is 1100. The third kappa shape index (κ3) is 6.68. The van der Waals surface area contributed by atoms with Gasteiger partial charge in [0.15, 0.2) is 0 Å². The van der Waals surface area contributed by atoms with Crippen molar-refractivity contribution in [3.63, 3.8) is 0 Å². The Morgan fingerprint density at radius 2 is 0.972 bits per heavy atom. The average molecular weight is 512 g/mol. The minimum atomic E-state index is -1.99. The highest BCUT2D eigenvalue weighted by Gasteiger charge is 2.33. The number of phenols is 2. The fourth-order valence-electron chi connectivity index (χ4n) is 4.50. The van der Waals surface area contributed by atoms with Crippen LogP contribution in [0, 0.1) is 0 Å². The highest BCUT2D eigenvalue weighted by molar-refractivity contribution is 6.79. The molecule has 0 saturated carbocycles. The molecular weight excluding hydrogens is 458 g/mol. The highest BCUT2D eigenvalue weighted by atomic mass is 28.3. The molecular formula is C32H53NO2Si. The Morgan fingerprint density at radius 1 is 0.583 bits per heavy atom.